The Hall–Kier alpha value is -2.64. The van der Waals surface area contributed by atoms with Gasteiger partial charge in [-0.1, -0.05) is 83.8 Å². The molecule has 3 N–H and O–H groups in total. The van der Waals surface area contributed by atoms with Crippen LogP contribution in [0.15, 0.2) is 47.6 Å². The number of aliphatic hydroxyl groups excluding tert-OH is 1. The van der Waals surface area contributed by atoms with Crippen LogP contribution in [0.3, 0.4) is 0 Å². The molecule has 7 nitrogen and oxygen atoms in total. The van der Waals surface area contributed by atoms with Gasteiger partial charge in [-0.05, 0) is 159 Å². The molecule has 5 aliphatic rings. The molecular weight excluding hydrogens is 710 g/mol. The summed E-state index contributed by atoms with van der Waals surface area (Å²) in [6, 6.07) is 7.43. The first kappa shape index (κ1) is 42.0. The van der Waals surface area contributed by atoms with E-state index >= 15 is 0 Å². The molecule has 0 aliphatic heterocycles. The van der Waals surface area contributed by atoms with Crippen molar-refractivity contribution < 1.29 is 29.3 Å². The van der Waals surface area contributed by atoms with Crippen molar-refractivity contribution in [3.05, 3.63) is 58.1 Å². The Morgan fingerprint density at radius 3 is 2.33 bits per heavy atom. The number of hydrogen-bond acceptors (Lipinski definition) is 5. The Morgan fingerprint density at radius 1 is 0.964 bits per heavy atom. The molecular formula is C47H68ClNO6. The van der Waals surface area contributed by atoms with Gasteiger partial charge in [0.15, 0.2) is 0 Å². The monoisotopic (exact) mass is 777 g/mol. The molecule has 0 heterocycles. The number of aliphatic hydroxyl groups is 1. The third-order valence-corrected chi connectivity index (χ3v) is 17.0. The van der Waals surface area contributed by atoms with Gasteiger partial charge in [-0.2, -0.15) is 0 Å². The number of carboxylic acid groups (broad SMARTS) is 1. The van der Waals surface area contributed by atoms with Gasteiger partial charge in [-0.15, -0.1) is 0 Å². The fourth-order valence-corrected chi connectivity index (χ4v) is 13.7. The molecule has 304 valence electrons. The average Bonchev–Trinajstić information content (AvgIpc) is 3.39. The number of esters is 1. The number of nitrogens with one attached hydrogen (secondary N) is 1. The number of allylic oxidation sites excluding steroid dienone is 2. The van der Waals surface area contributed by atoms with Gasteiger partial charge in [0, 0.05) is 10.4 Å². The lowest BCUT2D eigenvalue weighted by Gasteiger charge is -2.72. The number of benzene rings is 1. The number of rotatable bonds is 10. The lowest BCUT2D eigenvalue weighted by Crippen LogP contribution is -2.65. The predicted octanol–water partition coefficient (Wildman–Crippen LogP) is 10.5. The van der Waals surface area contributed by atoms with Crippen LogP contribution in [-0.4, -0.2) is 40.8 Å². The zero-order valence-corrected chi connectivity index (χ0v) is 35.9. The van der Waals surface area contributed by atoms with Gasteiger partial charge in [0.2, 0.25) is 5.91 Å². The molecule has 1 aromatic rings. The first-order valence-electron chi connectivity index (χ1n) is 21.1. The van der Waals surface area contributed by atoms with E-state index in [0.717, 1.165) is 56.9 Å². The highest BCUT2D eigenvalue weighted by Gasteiger charge is 2.69. The van der Waals surface area contributed by atoms with Crippen molar-refractivity contribution in [1.82, 2.24) is 5.32 Å². The highest BCUT2D eigenvalue weighted by Crippen LogP contribution is 2.77. The SMILES string of the molecule is CC(C)C1=C2[C@@H]3CCC4[C@@]5(C)CCC(COC(=O)CC(C)(C)C(=O)O)C(C)(C)C5CC[C@@]4(C)[C@]3(C)CC[C@@]2(/C=C/C(=O)N[C@H](C)c2cccc(Cl)c2)CC1O. The third kappa shape index (κ3) is 7.04. The molecule has 8 heteroatoms. The second-order valence-electron chi connectivity index (χ2n) is 20.7. The zero-order chi connectivity index (χ0) is 40.5. The summed E-state index contributed by atoms with van der Waals surface area (Å²) < 4.78 is 5.83. The summed E-state index contributed by atoms with van der Waals surface area (Å²) in [5.74, 6) is 0.287. The number of aliphatic carboxylic acids is 1. The van der Waals surface area contributed by atoms with Crippen molar-refractivity contribution in [2.45, 2.75) is 146 Å². The smallest absolute Gasteiger partial charge is 0.309 e. The highest BCUT2D eigenvalue weighted by atomic mass is 35.5. The van der Waals surface area contributed by atoms with Gasteiger partial charge >= 0.3 is 11.9 Å². The van der Waals surface area contributed by atoms with Crippen molar-refractivity contribution in [1.29, 1.82) is 0 Å². The van der Waals surface area contributed by atoms with Gasteiger partial charge < -0.3 is 20.3 Å². The van der Waals surface area contributed by atoms with Crippen molar-refractivity contribution in [2.75, 3.05) is 6.61 Å². The molecule has 4 fully saturated rings. The molecule has 10 atom stereocenters. The predicted molar refractivity (Wildman–Crippen MR) is 218 cm³/mol. The second kappa shape index (κ2) is 14.6. The minimum Gasteiger partial charge on any atom is -0.481 e. The molecule has 0 saturated heterocycles. The summed E-state index contributed by atoms with van der Waals surface area (Å²) in [5, 5.41) is 25.1. The Bertz CT molecular complexity index is 1750. The van der Waals surface area contributed by atoms with E-state index in [9.17, 15) is 24.6 Å². The van der Waals surface area contributed by atoms with E-state index in [-0.39, 0.29) is 57.3 Å². The Morgan fingerprint density at radius 2 is 1.67 bits per heavy atom. The molecule has 1 amide bonds. The van der Waals surface area contributed by atoms with E-state index in [0.29, 0.717) is 35.8 Å². The van der Waals surface area contributed by atoms with Gasteiger partial charge in [-0.3, -0.25) is 14.4 Å². The topological polar surface area (TPSA) is 113 Å². The maximum atomic E-state index is 13.5. The van der Waals surface area contributed by atoms with Crippen molar-refractivity contribution in [3.8, 4) is 0 Å². The zero-order valence-electron chi connectivity index (χ0n) is 35.2. The van der Waals surface area contributed by atoms with Crippen molar-refractivity contribution in [2.24, 2.45) is 62.1 Å². The van der Waals surface area contributed by atoms with Gasteiger partial charge in [0.05, 0.1) is 30.6 Å². The minimum atomic E-state index is -1.15. The third-order valence-electron chi connectivity index (χ3n) is 16.8. The molecule has 0 spiro atoms. The molecule has 4 unspecified atom stereocenters. The van der Waals surface area contributed by atoms with Gasteiger partial charge in [0.1, 0.15) is 0 Å². The fourth-order valence-electron chi connectivity index (χ4n) is 13.5. The molecule has 5 aliphatic carbocycles. The molecule has 1 aromatic carbocycles. The number of carbonyl (C=O) groups excluding carboxylic acids is 2. The van der Waals surface area contributed by atoms with Crippen LogP contribution in [-0.2, 0) is 19.1 Å². The summed E-state index contributed by atoms with van der Waals surface area (Å²) in [6.45, 7) is 22.4. The maximum Gasteiger partial charge on any atom is 0.309 e. The average molecular weight is 779 g/mol. The van der Waals surface area contributed by atoms with Crippen LogP contribution in [0, 0.1) is 62.1 Å². The van der Waals surface area contributed by atoms with E-state index in [2.05, 4.69) is 59.9 Å². The lowest BCUT2D eigenvalue weighted by atomic mass is 9.32. The van der Waals surface area contributed by atoms with Crippen LogP contribution in [0.5, 0.6) is 0 Å². The summed E-state index contributed by atoms with van der Waals surface area (Å²) in [5.41, 5.74) is 2.40. The quantitative estimate of drug-likeness (QED) is 0.124. The van der Waals surface area contributed by atoms with E-state index < -0.39 is 23.5 Å². The van der Waals surface area contributed by atoms with E-state index in [1.54, 1.807) is 19.9 Å². The summed E-state index contributed by atoms with van der Waals surface area (Å²) in [6.07, 6.45) is 12.5. The number of ether oxygens (including phenoxy) is 1. The summed E-state index contributed by atoms with van der Waals surface area (Å²) >= 11 is 6.24. The summed E-state index contributed by atoms with van der Waals surface area (Å²) in [7, 11) is 0. The van der Waals surface area contributed by atoms with Crippen molar-refractivity contribution >= 4 is 29.4 Å². The first-order valence-corrected chi connectivity index (χ1v) is 21.5. The molecule has 6 rings (SSSR count). The number of fused-ring (bicyclic) bond motifs is 7. The van der Waals surface area contributed by atoms with Crippen LogP contribution in [0.25, 0.3) is 0 Å². The van der Waals surface area contributed by atoms with Crippen LogP contribution in [0.1, 0.15) is 145 Å². The molecule has 55 heavy (non-hydrogen) atoms. The van der Waals surface area contributed by atoms with Crippen LogP contribution in [0.4, 0.5) is 0 Å². The van der Waals surface area contributed by atoms with E-state index in [1.807, 2.05) is 31.2 Å². The number of carboxylic acids is 1. The molecule has 4 saturated carbocycles. The van der Waals surface area contributed by atoms with Crippen LogP contribution >= 0.6 is 11.6 Å². The molecule has 0 bridgehead atoms. The largest absolute Gasteiger partial charge is 0.481 e. The molecule has 0 aromatic heterocycles. The summed E-state index contributed by atoms with van der Waals surface area (Å²) in [4.78, 5) is 37.9. The molecule has 0 radical (unpaired) electrons. The van der Waals surface area contributed by atoms with Crippen molar-refractivity contribution in [3.63, 3.8) is 0 Å². The Kier molecular flexibility index (Phi) is 11.2. The highest BCUT2D eigenvalue weighted by molar-refractivity contribution is 6.30. The fraction of sp³-hybridized carbons (Fsp3) is 0.723. The van der Waals surface area contributed by atoms with Crippen LogP contribution < -0.4 is 5.32 Å². The minimum absolute atomic E-state index is 0.0328. The van der Waals surface area contributed by atoms with Gasteiger partial charge in [-0.25, -0.2) is 0 Å². The number of hydrogen-bond donors (Lipinski definition) is 3. The Balaban J connectivity index is 1.24. The standard InChI is InChI=1S/C47H68ClNO6/c1-28(2)39-34(50)25-47(21-18-37(51)49-29(3)30-12-11-13-32(48)24-30)23-22-45(9)33(40(39)47)14-15-36-44(8)19-16-31(27-55-38(52)26-42(4,5)41(53)54)43(6,7)35(44)17-20-46(36,45)10/h11-13,18,21,24,28-29,31,33-36,50H,14-17,19-20,22-23,25-27H2,1-10H3,(H,49,51)(H,53,54)/b21-18+/t29-,31?,33+,34?,35?,36?,44+,45-,46-,47+/m1/s1. The lowest BCUT2D eigenvalue weighted by molar-refractivity contribution is -0.223. The number of carbonyl (C=O) groups is 3. The first-order chi connectivity index (χ1) is 25.5. The maximum absolute atomic E-state index is 13.5. The van der Waals surface area contributed by atoms with E-state index in [4.69, 9.17) is 16.3 Å². The number of amides is 1. The normalized spacial score (nSPS) is 37.4. The number of halogens is 1. The van der Waals surface area contributed by atoms with E-state index in [1.165, 1.54) is 11.1 Å². The van der Waals surface area contributed by atoms with Gasteiger partial charge in [0.25, 0.3) is 0 Å². The Labute approximate surface area is 335 Å². The second-order valence-corrected chi connectivity index (χ2v) is 21.2. The van der Waals surface area contributed by atoms with Crippen LogP contribution in [0.2, 0.25) is 5.02 Å².